The molecule has 2 rings (SSSR count). The van der Waals surface area contributed by atoms with Crippen molar-refractivity contribution in [1.29, 1.82) is 5.26 Å². The quantitative estimate of drug-likeness (QED) is 0.904. The van der Waals surface area contributed by atoms with Crippen molar-refractivity contribution < 1.29 is 9.84 Å². The zero-order valence-corrected chi connectivity index (χ0v) is 12.8. The van der Waals surface area contributed by atoms with Crippen LogP contribution in [0.25, 0.3) is 0 Å². The summed E-state index contributed by atoms with van der Waals surface area (Å²) in [6.07, 6.45) is 1.95. The second kappa shape index (κ2) is 7.44. The minimum atomic E-state index is -0.511. The second-order valence-corrected chi connectivity index (χ2v) is 6.09. The van der Waals surface area contributed by atoms with Gasteiger partial charge in [0.1, 0.15) is 18.5 Å². The normalized spacial score (nSPS) is 24.3. The monoisotopic (exact) mass is 288 g/mol. The van der Waals surface area contributed by atoms with Crippen LogP contribution in [0.4, 0.5) is 0 Å². The van der Waals surface area contributed by atoms with Crippen molar-refractivity contribution >= 4 is 0 Å². The van der Waals surface area contributed by atoms with Crippen LogP contribution in [0, 0.1) is 17.2 Å². The first kappa shape index (κ1) is 15.8. The van der Waals surface area contributed by atoms with E-state index in [1.165, 1.54) is 12.8 Å². The molecule has 0 bridgehead atoms. The largest absolute Gasteiger partial charge is 0.491 e. The molecule has 4 nitrogen and oxygen atoms in total. The van der Waals surface area contributed by atoms with Crippen LogP contribution in [0.15, 0.2) is 24.3 Å². The first-order valence-electron chi connectivity index (χ1n) is 7.63. The van der Waals surface area contributed by atoms with Gasteiger partial charge in [0.25, 0.3) is 0 Å². The summed E-state index contributed by atoms with van der Waals surface area (Å²) in [7, 11) is 0. The Morgan fingerprint density at radius 1 is 1.43 bits per heavy atom. The molecule has 0 saturated carbocycles. The van der Waals surface area contributed by atoms with Gasteiger partial charge in [-0.25, -0.2) is 0 Å². The van der Waals surface area contributed by atoms with Crippen LogP contribution in [0.3, 0.4) is 0 Å². The van der Waals surface area contributed by atoms with Crippen LogP contribution < -0.4 is 4.74 Å². The fourth-order valence-electron chi connectivity index (χ4n) is 2.81. The number of nitriles is 1. The predicted molar refractivity (Wildman–Crippen MR) is 82.1 cm³/mol. The highest BCUT2D eigenvalue weighted by Crippen LogP contribution is 2.21. The molecule has 21 heavy (non-hydrogen) atoms. The standard InChI is InChI=1S/C17H24N2O2/c1-13-6-7-14(2)19(10-13)11-16(20)12-21-17-5-3-4-15(8-17)9-18/h3-5,8,13-14,16,20H,6-7,10-12H2,1-2H3. The van der Waals surface area contributed by atoms with Gasteiger partial charge in [0.05, 0.1) is 11.6 Å². The molecule has 0 aliphatic carbocycles. The van der Waals surface area contributed by atoms with Crippen molar-refractivity contribution in [3.8, 4) is 11.8 Å². The zero-order valence-electron chi connectivity index (χ0n) is 12.8. The molecule has 1 aliphatic rings. The number of ether oxygens (including phenoxy) is 1. The summed E-state index contributed by atoms with van der Waals surface area (Å²) < 4.78 is 5.59. The molecule has 0 amide bonds. The van der Waals surface area contributed by atoms with Crippen LogP contribution in [0.1, 0.15) is 32.3 Å². The van der Waals surface area contributed by atoms with Gasteiger partial charge in [-0.05, 0) is 43.9 Å². The van der Waals surface area contributed by atoms with E-state index < -0.39 is 6.10 Å². The lowest BCUT2D eigenvalue weighted by Crippen LogP contribution is -2.46. The van der Waals surface area contributed by atoms with Crippen molar-refractivity contribution in [1.82, 2.24) is 4.90 Å². The van der Waals surface area contributed by atoms with Gasteiger partial charge in [-0.2, -0.15) is 5.26 Å². The Morgan fingerprint density at radius 3 is 3.00 bits per heavy atom. The topological polar surface area (TPSA) is 56.5 Å². The van der Waals surface area contributed by atoms with E-state index in [0.29, 0.717) is 29.8 Å². The number of hydrogen-bond acceptors (Lipinski definition) is 4. The highest BCUT2D eigenvalue weighted by Gasteiger charge is 2.24. The molecule has 1 heterocycles. The lowest BCUT2D eigenvalue weighted by molar-refractivity contribution is 0.0329. The number of likely N-dealkylation sites (tertiary alicyclic amines) is 1. The average Bonchev–Trinajstić information content (AvgIpc) is 2.49. The number of aliphatic hydroxyl groups excluding tert-OH is 1. The van der Waals surface area contributed by atoms with Gasteiger partial charge >= 0.3 is 0 Å². The number of β-amino-alcohol motifs (C(OH)–C–C–N with tert-alkyl or cyclic N) is 1. The number of aliphatic hydroxyl groups is 1. The van der Waals surface area contributed by atoms with Gasteiger partial charge in [0, 0.05) is 19.1 Å². The third-order valence-electron chi connectivity index (χ3n) is 4.10. The molecule has 0 aromatic heterocycles. The highest BCUT2D eigenvalue weighted by molar-refractivity contribution is 5.36. The van der Waals surface area contributed by atoms with E-state index in [2.05, 4.69) is 24.8 Å². The molecular formula is C17H24N2O2. The van der Waals surface area contributed by atoms with Crippen molar-refractivity contribution in [3.63, 3.8) is 0 Å². The van der Waals surface area contributed by atoms with Gasteiger partial charge in [0.15, 0.2) is 0 Å². The van der Waals surface area contributed by atoms with Gasteiger partial charge < -0.3 is 9.84 Å². The number of benzene rings is 1. The predicted octanol–water partition coefficient (Wildman–Crippen LogP) is 2.42. The molecular weight excluding hydrogens is 264 g/mol. The van der Waals surface area contributed by atoms with E-state index in [9.17, 15) is 5.11 Å². The Morgan fingerprint density at radius 2 is 2.24 bits per heavy atom. The average molecular weight is 288 g/mol. The fourth-order valence-corrected chi connectivity index (χ4v) is 2.81. The maximum atomic E-state index is 10.2. The van der Waals surface area contributed by atoms with Crippen molar-refractivity contribution in [2.45, 2.75) is 38.8 Å². The number of nitrogens with zero attached hydrogens (tertiary/aromatic N) is 2. The third kappa shape index (κ3) is 4.73. The van der Waals surface area contributed by atoms with Crippen molar-refractivity contribution in [2.24, 2.45) is 5.92 Å². The van der Waals surface area contributed by atoms with E-state index in [1.54, 1.807) is 24.3 Å². The fraction of sp³-hybridized carbons (Fsp3) is 0.588. The summed E-state index contributed by atoms with van der Waals surface area (Å²) in [5.41, 5.74) is 0.570. The molecule has 114 valence electrons. The number of piperidine rings is 1. The molecule has 1 aromatic rings. The van der Waals surface area contributed by atoms with Crippen LogP contribution in [0.5, 0.6) is 5.75 Å². The van der Waals surface area contributed by atoms with Crippen LogP contribution >= 0.6 is 0 Å². The molecule has 1 aliphatic heterocycles. The Labute approximate surface area is 127 Å². The SMILES string of the molecule is CC1CCC(C)N(CC(O)COc2cccc(C#N)c2)C1. The maximum Gasteiger partial charge on any atom is 0.120 e. The van der Waals surface area contributed by atoms with Gasteiger partial charge in [-0.15, -0.1) is 0 Å². The Hall–Kier alpha value is -1.57. The molecule has 1 aromatic carbocycles. The minimum absolute atomic E-state index is 0.256. The van der Waals surface area contributed by atoms with E-state index >= 15 is 0 Å². The van der Waals surface area contributed by atoms with Crippen LogP contribution in [-0.4, -0.2) is 41.8 Å². The summed E-state index contributed by atoms with van der Waals surface area (Å²) in [4.78, 5) is 2.34. The molecule has 0 radical (unpaired) electrons. The van der Waals surface area contributed by atoms with Gasteiger partial charge in [0.2, 0.25) is 0 Å². The molecule has 1 saturated heterocycles. The molecule has 4 heteroatoms. The summed E-state index contributed by atoms with van der Waals surface area (Å²) in [5.74, 6) is 1.33. The van der Waals surface area contributed by atoms with Crippen molar-refractivity contribution in [2.75, 3.05) is 19.7 Å². The van der Waals surface area contributed by atoms with Gasteiger partial charge in [-0.1, -0.05) is 13.0 Å². The molecule has 1 fully saturated rings. The lowest BCUT2D eigenvalue weighted by Gasteiger charge is -2.37. The van der Waals surface area contributed by atoms with E-state index in [1.807, 2.05) is 0 Å². The third-order valence-corrected chi connectivity index (χ3v) is 4.10. The maximum absolute atomic E-state index is 10.2. The Bertz CT molecular complexity index is 498. The second-order valence-electron chi connectivity index (χ2n) is 6.09. The van der Waals surface area contributed by atoms with E-state index in [-0.39, 0.29) is 6.61 Å². The minimum Gasteiger partial charge on any atom is -0.491 e. The first-order valence-corrected chi connectivity index (χ1v) is 7.63. The summed E-state index contributed by atoms with van der Waals surface area (Å²) in [6, 6.07) is 9.63. The lowest BCUT2D eigenvalue weighted by atomic mass is 9.95. The molecule has 0 spiro atoms. The van der Waals surface area contributed by atoms with E-state index in [0.717, 1.165) is 6.54 Å². The summed E-state index contributed by atoms with van der Waals surface area (Å²) in [5, 5.41) is 19.0. The number of hydrogen-bond donors (Lipinski definition) is 1. The Balaban J connectivity index is 1.81. The Kier molecular flexibility index (Phi) is 5.60. The summed E-state index contributed by atoms with van der Waals surface area (Å²) >= 11 is 0. The molecule has 3 atom stereocenters. The smallest absolute Gasteiger partial charge is 0.120 e. The number of rotatable bonds is 5. The highest BCUT2D eigenvalue weighted by atomic mass is 16.5. The summed E-state index contributed by atoms with van der Waals surface area (Å²) in [6.45, 7) is 6.42. The first-order chi connectivity index (χ1) is 10.1. The van der Waals surface area contributed by atoms with Crippen LogP contribution in [-0.2, 0) is 0 Å². The van der Waals surface area contributed by atoms with Gasteiger partial charge in [-0.3, -0.25) is 4.90 Å². The zero-order chi connectivity index (χ0) is 15.2. The van der Waals surface area contributed by atoms with Crippen LogP contribution in [0.2, 0.25) is 0 Å². The van der Waals surface area contributed by atoms with E-state index in [4.69, 9.17) is 10.00 Å². The molecule has 1 N–H and O–H groups in total. The van der Waals surface area contributed by atoms with Crippen molar-refractivity contribution in [3.05, 3.63) is 29.8 Å². The molecule has 3 unspecified atom stereocenters.